The highest BCUT2D eigenvalue weighted by atomic mass is 79.9. The average Bonchev–Trinajstić information content (AvgIpc) is 2.92. The zero-order chi connectivity index (χ0) is 27.5. The summed E-state index contributed by atoms with van der Waals surface area (Å²) in [6.45, 7) is 5.70. The molecule has 0 saturated heterocycles. The Bertz CT molecular complexity index is 1400. The topological polar surface area (TPSA) is 84.9 Å². The summed E-state index contributed by atoms with van der Waals surface area (Å²) in [5.74, 6) is 0.862. The van der Waals surface area contributed by atoms with Crippen LogP contribution in [-0.2, 0) is 14.8 Å². The number of para-hydroxylation sites is 1. The van der Waals surface area contributed by atoms with E-state index in [1.165, 1.54) is 19.2 Å². The Morgan fingerprint density at radius 2 is 1.79 bits per heavy atom. The van der Waals surface area contributed by atoms with Gasteiger partial charge in [-0.2, -0.15) is 0 Å². The van der Waals surface area contributed by atoms with E-state index in [0.717, 1.165) is 34.0 Å². The molecule has 3 aromatic rings. The molecule has 1 amide bonds. The monoisotopic (exact) mass is 600 g/mol. The van der Waals surface area contributed by atoms with Gasteiger partial charge in [-0.25, -0.2) is 8.42 Å². The first-order chi connectivity index (χ1) is 18.1. The minimum atomic E-state index is -4.08. The Morgan fingerprint density at radius 3 is 2.42 bits per heavy atom. The molecule has 0 aliphatic carbocycles. The molecule has 202 valence electrons. The third kappa shape index (κ3) is 5.68. The van der Waals surface area contributed by atoms with Crippen molar-refractivity contribution in [1.29, 1.82) is 0 Å². The Labute approximate surface area is 233 Å². The third-order valence-corrected chi connectivity index (χ3v) is 9.53. The second kappa shape index (κ2) is 11.4. The summed E-state index contributed by atoms with van der Waals surface area (Å²) in [7, 11) is -2.57. The molecule has 3 aromatic carbocycles. The first kappa shape index (κ1) is 28.0. The molecular formula is C29H33BrN2O5S. The van der Waals surface area contributed by atoms with Gasteiger partial charge in [0.25, 0.3) is 10.0 Å². The zero-order valence-electron chi connectivity index (χ0n) is 22.0. The Morgan fingerprint density at radius 1 is 1.11 bits per heavy atom. The molecule has 7 nitrogen and oxygen atoms in total. The van der Waals surface area contributed by atoms with Crippen molar-refractivity contribution in [2.75, 3.05) is 18.0 Å². The van der Waals surface area contributed by atoms with E-state index in [1.54, 1.807) is 18.2 Å². The molecule has 9 heteroatoms. The fourth-order valence-corrected chi connectivity index (χ4v) is 6.90. The highest BCUT2D eigenvalue weighted by molar-refractivity contribution is 9.10. The number of hydrogen-bond acceptors (Lipinski definition) is 5. The number of nitrogens with one attached hydrogen (secondary N) is 1. The summed E-state index contributed by atoms with van der Waals surface area (Å²) in [6.07, 6.45) is 2.19. The number of benzene rings is 3. The van der Waals surface area contributed by atoms with Crippen LogP contribution in [0.4, 0.5) is 5.69 Å². The summed E-state index contributed by atoms with van der Waals surface area (Å²) in [5.41, 5.74) is 1.88. The predicted molar refractivity (Wildman–Crippen MR) is 152 cm³/mol. The van der Waals surface area contributed by atoms with Crippen LogP contribution in [0.1, 0.15) is 50.3 Å². The Balaban J connectivity index is 1.67. The van der Waals surface area contributed by atoms with Gasteiger partial charge in [-0.3, -0.25) is 9.10 Å². The highest BCUT2D eigenvalue weighted by Crippen LogP contribution is 2.42. The van der Waals surface area contributed by atoms with Crippen molar-refractivity contribution < 1.29 is 22.7 Å². The molecule has 0 spiro atoms. The number of rotatable bonds is 9. The SMILES string of the molecule is CCC1(CC)CC(NC(=O)CN(c2ccc(C)cc2)S(=O)(=O)c2ccc(OC)c(Br)c2)c2ccccc2O1. The maximum Gasteiger partial charge on any atom is 0.264 e. The van der Waals surface area contributed by atoms with Gasteiger partial charge in [-0.05, 0) is 72.1 Å². The van der Waals surface area contributed by atoms with Gasteiger partial charge in [0.2, 0.25) is 5.91 Å². The molecule has 38 heavy (non-hydrogen) atoms. The quantitative estimate of drug-likeness (QED) is 0.318. The van der Waals surface area contributed by atoms with Crippen LogP contribution in [0.3, 0.4) is 0 Å². The molecule has 0 fully saturated rings. The molecule has 1 atom stereocenters. The number of halogens is 1. The van der Waals surface area contributed by atoms with E-state index < -0.39 is 21.5 Å². The van der Waals surface area contributed by atoms with Gasteiger partial charge < -0.3 is 14.8 Å². The summed E-state index contributed by atoms with van der Waals surface area (Å²) < 4.78 is 41.0. The van der Waals surface area contributed by atoms with E-state index >= 15 is 0 Å². The first-order valence-electron chi connectivity index (χ1n) is 12.6. The first-order valence-corrected chi connectivity index (χ1v) is 14.9. The minimum Gasteiger partial charge on any atom is -0.496 e. The lowest BCUT2D eigenvalue weighted by molar-refractivity contribution is -0.121. The molecule has 0 bridgehead atoms. The van der Waals surface area contributed by atoms with Gasteiger partial charge in [0, 0.05) is 12.0 Å². The number of fused-ring (bicyclic) bond motifs is 1. The molecule has 1 heterocycles. The van der Waals surface area contributed by atoms with Crippen LogP contribution < -0.4 is 19.1 Å². The Kier molecular flexibility index (Phi) is 8.37. The molecule has 0 aromatic heterocycles. The molecule has 0 radical (unpaired) electrons. The van der Waals surface area contributed by atoms with Gasteiger partial charge in [-0.15, -0.1) is 0 Å². The van der Waals surface area contributed by atoms with E-state index in [4.69, 9.17) is 9.47 Å². The number of nitrogens with zero attached hydrogens (tertiary/aromatic N) is 1. The van der Waals surface area contributed by atoms with Gasteiger partial charge in [-0.1, -0.05) is 49.7 Å². The number of carbonyl (C=O) groups is 1. The molecule has 1 N–H and O–H groups in total. The minimum absolute atomic E-state index is 0.0472. The van der Waals surface area contributed by atoms with Crippen LogP contribution >= 0.6 is 15.9 Å². The maximum absolute atomic E-state index is 13.9. The van der Waals surface area contributed by atoms with Crippen molar-refractivity contribution in [3.63, 3.8) is 0 Å². The fraction of sp³-hybridized carbons (Fsp3) is 0.345. The standard InChI is InChI=1S/C29H33BrN2O5S/c1-5-29(6-2)18-25(23-9-7-8-10-26(23)37-29)31-28(33)19-32(21-13-11-20(3)12-14-21)38(34,35)22-15-16-27(36-4)24(30)17-22/h7-17,25H,5-6,18-19H2,1-4H3,(H,31,33). The molecule has 1 aliphatic heterocycles. The van der Waals surface area contributed by atoms with E-state index in [1.807, 2.05) is 43.3 Å². The van der Waals surface area contributed by atoms with Crippen LogP contribution in [-0.4, -0.2) is 33.6 Å². The van der Waals surface area contributed by atoms with Crippen molar-refractivity contribution in [3.8, 4) is 11.5 Å². The van der Waals surface area contributed by atoms with Crippen molar-refractivity contribution in [3.05, 3.63) is 82.3 Å². The summed E-state index contributed by atoms with van der Waals surface area (Å²) in [5, 5.41) is 3.11. The van der Waals surface area contributed by atoms with Crippen LogP contribution in [0.2, 0.25) is 0 Å². The van der Waals surface area contributed by atoms with E-state index in [0.29, 0.717) is 22.3 Å². The van der Waals surface area contributed by atoms with Gasteiger partial charge in [0.05, 0.1) is 28.2 Å². The van der Waals surface area contributed by atoms with Crippen LogP contribution in [0.5, 0.6) is 11.5 Å². The predicted octanol–water partition coefficient (Wildman–Crippen LogP) is 6.16. The molecule has 0 saturated carbocycles. The van der Waals surface area contributed by atoms with Crippen molar-refractivity contribution >= 4 is 37.5 Å². The second-order valence-corrected chi connectivity index (χ2v) is 12.2. The van der Waals surface area contributed by atoms with Gasteiger partial charge in [0.1, 0.15) is 23.6 Å². The highest BCUT2D eigenvalue weighted by Gasteiger charge is 2.39. The van der Waals surface area contributed by atoms with E-state index in [2.05, 4.69) is 35.1 Å². The number of carbonyl (C=O) groups excluding carboxylic acids is 1. The molecule has 4 rings (SSSR count). The average molecular weight is 602 g/mol. The largest absolute Gasteiger partial charge is 0.496 e. The zero-order valence-corrected chi connectivity index (χ0v) is 24.4. The number of sulfonamides is 1. The summed E-state index contributed by atoms with van der Waals surface area (Å²) >= 11 is 3.37. The van der Waals surface area contributed by atoms with Crippen molar-refractivity contribution in [2.45, 2.75) is 56.6 Å². The lowest BCUT2D eigenvalue weighted by Gasteiger charge is -2.41. The lowest BCUT2D eigenvalue weighted by Crippen LogP contribution is -2.47. The fourth-order valence-electron chi connectivity index (χ4n) is 4.76. The number of anilines is 1. The third-order valence-electron chi connectivity index (χ3n) is 7.14. The van der Waals surface area contributed by atoms with Crippen LogP contribution in [0.15, 0.2) is 76.1 Å². The number of hydrogen-bond donors (Lipinski definition) is 1. The summed E-state index contributed by atoms with van der Waals surface area (Å²) in [6, 6.07) is 19.0. The van der Waals surface area contributed by atoms with Crippen molar-refractivity contribution in [2.24, 2.45) is 0 Å². The molecular weight excluding hydrogens is 568 g/mol. The van der Waals surface area contributed by atoms with Gasteiger partial charge in [0.15, 0.2) is 0 Å². The van der Waals surface area contributed by atoms with Crippen LogP contribution in [0, 0.1) is 6.92 Å². The lowest BCUT2D eigenvalue weighted by atomic mass is 9.83. The Hall–Kier alpha value is -3.04. The van der Waals surface area contributed by atoms with E-state index in [-0.39, 0.29) is 17.5 Å². The van der Waals surface area contributed by atoms with Crippen LogP contribution in [0.25, 0.3) is 0 Å². The number of aryl methyl sites for hydroxylation is 1. The number of methoxy groups -OCH3 is 1. The normalized spacial score (nSPS) is 16.2. The van der Waals surface area contributed by atoms with E-state index in [9.17, 15) is 13.2 Å². The smallest absolute Gasteiger partial charge is 0.264 e. The summed E-state index contributed by atoms with van der Waals surface area (Å²) in [4.78, 5) is 13.6. The number of amides is 1. The molecule has 1 unspecified atom stereocenters. The van der Waals surface area contributed by atoms with Crippen molar-refractivity contribution in [1.82, 2.24) is 5.32 Å². The van der Waals surface area contributed by atoms with Gasteiger partial charge >= 0.3 is 0 Å². The molecule has 1 aliphatic rings. The second-order valence-electron chi connectivity index (χ2n) is 9.50. The maximum atomic E-state index is 13.9. The number of ether oxygens (including phenoxy) is 2.